The first-order chi connectivity index (χ1) is 17.8. The summed E-state index contributed by atoms with van der Waals surface area (Å²) in [6.45, 7) is 1.70. The van der Waals surface area contributed by atoms with E-state index in [1.54, 1.807) is 31.3 Å². The molecule has 5 rings (SSSR count). The number of hydrogen-bond donors (Lipinski definition) is 2. The Morgan fingerprint density at radius 2 is 1.81 bits per heavy atom. The molecule has 1 saturated carbocycles. The number of halogens is 3. The zero-order valence-corrected chi connectivity index (χ0v) is 21.4. The predicted octanol–water partition coefficient (Wildman–Crippen LogP) is 7.20. The molecule has 1 aromatic heterocycles. The summed E-state index contributed by atoms with van der Waals surface area (Å²) in [5.74, 6) is 0.157. The van der Waals surface area contributed by atoms with Crippen LogP contribution in [0, 0.1) is 5.82 Å². The molecule has 0 radical (unpaired) electrons. The Labute approximate surface area is 224 Å². The second kappa shape index (κ2) is 10.4. The van der Waals surface area contributed by atoms with Gasteiger partial charge < -0.3 is 15.8 Å². The third-order valence-electron chi connectivity index (χ3n) is 6.49. The van der Waals surface area contributed by atoms with Gasteiger partial charge in [0.1, 0.15) is 11.9 Å². The van der Waals surface area contributed by atoms with Gasteiger partial charge in [-0.05, 0) is 54.8 Å². The Morgan fingerprint density at radius 3 is 2.54 bits per heavy atom. The van der Waals surface area contributed by atoms with Crippen LogP contribution in [-0.2, 0) is 0 Å². The summed E-state index contributed by atoms with van der Waals surface area (Å²) >= 11 is 12.4. The second-order valence-corrected chi connectivity index (χ2v) is 9.82. The molecule has 0 bridgehead atoms. The van der Waals surface area contributed by atoms with Gasteiger partial charge in [0.25, 0.3) is 5.91 Å². The monoisotopic (exact) mass is 535 g/mol. The van der Waals surface area contributed by atoms with Crippen LogP contribution in [0.25, 0.3) is 11.1 Å². The maximum Gasteiger partial charge on any atom is 0.251 e. The third kappa shape index (κ3) is 5.41. The number of carbonyl (C=O) groups is 1. The largest absolute Gasteiger partial charge is 0.482 e. The number of nitrogens with one attached hydrogen (secondary N) is 1. The van der Waals surface area contributed by atoms with Crippen molar-refractivity contribution in [1.29, 1.82) is 0 Å². The maximum atomic E-state index is 14.0. The van der Waals surface area contributed by atoms with E-state index >= 15 is 0 Å². The van der Waals surface area contributed by atoms with Gasteiger partial charge in [-0.3, -0.25) is 4.79 Å². The van der Waals surface area contributed by atoms with Gasteiger partial charge in [-0.15, -0.1) is 0 Å². The molecule has 3 N–H and O–H groups in total. The fourth-order valence-corrected chi connectivity index (χ4v) is 5.04. The van der Waals surface area contributed by atoms with Gasteiger partial charge in [0.15, 0.2) is 11.6 Å². The lowest BCUT2D eigenvalue weighted by atomic mass is 10.0. The molecule has 1 aliphatic rings. The number of amides is 1. The van der Waals surface area contributed by atoms with E-state index in [2.05, 4.69) is 22.4 Å². The molecule has 4 aromatic rings. The maximum absolute atomic E-state index is 14.0. The number of pyridine rings is 1. The molecular weight excluding hydrogens is 512 g/mol. The molecule has 1 fully saturated rings. The van der Waals surface area contributed by atoms with Crippen molar-refractivity contribution in [1.82, 2.24) is 10.3 Å². The Balaban J connectivity index is 1.28. The summed E-state index contributed by atoms with van der Waals surface area (Å²) in [6, 6.07) is 22.0. The Morgan fingerprint density at radius 1 is 1.08 bits per heavy atom. The van der Waals surface area contributed by atoms with Crippen molar-refractivity contribution in [2.45, 2.75) is 31.4 Å². The number of nitrogens with zero attached hydrogens (tertiary/aromatic N) is 1. The van der Waals surface area contributed by atoms with Gasteiger partial charge in [0.2, 0.25) is 0 Å². The number of nitrogens with two attached hydrogens (primary N) is 1. The highest BCUT2D eigenvalue weighted by atomic mass is 35.5. The van der Waals surface area contributed by atoms with Crippen LogP contribution in [-0.4, -0.2) is 16.9 Å². The molecular formula is C29H24Cl2FN3O2. The molecule has 8 heteroatoms. The topological polar surface area (TPSA) is 77.2 Å². The molecule has 5 nitrogen and oxygen atoms in total. The van der Waals surface area contributed by atoms with E-state index in [1.165, 1.54) is 17.7 Å². The average Bonchev–Trinajstić information content (AvgIpc) is 3.67. The van der Waals surface area contributed by atoms with E-state index in [0.29, 0.717) is 22.8 Å². The predicted molar refractivity (Wildman–Crippen MR) is 145 cm³/mol. The first kappa shape index (κ1) is 25.1. The van der Waals surface area contributed by atoms with E-state index in [0.717, 1.165) is 17.5 Å². The van der Waals surface area contributed by atoms with Crippen LogP contribution in [0.15, 0.2) is 79.0 Å². The first-order valence-corrected chi connectivity index (χ1v) is 12.6. The van der Waals surface area contributed by atoms with Crippen LogP contribution in [0.4, 0.5) is 10.2 Å². The first-order valence-electron chi connectivity index (χ1n) is 11.8. The van der Waals surface area contributed by atoms with Gasteiger partial charge >= 0.3 is 0 Å². The van der Waals surface area contributed by atoms with Crippen LogP contribution >= 0.6 is 23.2 Å². The van der Waals surface area contributed by atoms with Crippen molar-refractivity contribution < 1.29 is 13.9 Å². The average molecular weight is 536 g/mol. The highest BCUT2D eigenvalue weighted by Gasteiger charge is 2.39. The highest BCUT2D eigenvalue weighted by molar-refractivity contribution is 6.36. The molecule has 1 aliphatic carbocycles. The lowest BCUT2D eigenvalue weighted by Gasteiger charge is -2.19. The third-order valence-corrected chi connectivity index (χ3v) is 7.20. The number of hydrogen-bond acceptors (Lipinski definition) is 4. The Hall–Kier alpha value is -3.61. The summed E-state index contributed by atoms with van der Waals surface area (Å²) < 4.78 is 20.0. The van der Waals surface area contributed by atoms with Gasteiger partial charge in [0, 0.05) is 39.9 Å². The van der Waals surface area contributed by atoms with Crippen LogP contribution in [0.2, 0.25) is 10.0 Å². The lowest BCUT2D eigenvalue weighted by Crippen LogP contribution is -2.26. The minimum Gasteiger partial charge on any atom is -0.482 e. The van der Waals surface area contributed by atoms with Crippen molar-refractivity contribution in [3.05, 3.63) is 112 Å². The van der Waals surface area contributed by atoms with Gasteiger partial charge in [-0.1, -0.05) is 65.7 Å². The SMILES string of the molecule is C[C@H](Oc1cc(-c2ccc(C(=O)NC3C[C@@H]3c3ccccc3)cc2)cnc1N)c1c(Cl)ccc(F)c1Cl. The van der Waals surface area contributed by atoms with E-state index in [1.807, 2.05) is 30.3 Å². The fourth-order valence-electron chi connectivity index (χ4n) is 4.36. The second-order valence-electron chi connectivity index (χ2n) is 9.03. The standard InChI is InChI=1S/C29H24Cl2FN3O2/c1-16(26-22(30)11-12-23(32)27(26)31)37-25-13-20(15-34-28(25)33)17-7-9-19(10-8-17)29(36)35-24-14-21(24)18-5-3-2-4-6-18/h2-13,15-16,21,24H,14H2,1H3,(H2,33,34)(H,35,36)/t16-,21+,24?/m0/s1. The summed E-state index contributed by atoms with van der Waals surface area (Å²) in [6.07, 6.45) is 1.89. The van der Waals surface area contributed by atoms with Crippen LogP contribution < -0.4 is 15.8 Å². The molecule has 1 amide bonds. The smallest absolute Gasteiger partial charge is 0.251 e. The normalized spacial score (nSPS) is 17.2. The number of benzene rings is 3. The summed E-state index contributed by atoms with van der Waals surface area (Å²) in [7, 11) is 0. The van der Waals surface area contributed by atoms with Gasteiger partial charge in [-0.25, -0.2) is 9.37 Å². The molecule has 0 saturated heterocycles. The number of nitrogen functional groups attached to an aromatic ring is 1. The molecule has 1 heterocycles. The van der Waals surface area contributed by atoms with Crippen molar-refractivity contribution in [2.24, 2.45) is 0 Å². The molecule has 0 aliphatic heterocycles. The number of rotatable bonds is 7. The van der Waals surface area contributed by atoms with E-state index in [-0.39, 0.29) is 27.8 Å². The summed E-state index contributed by atoms with van der Waals surface area (Å²) in [4.78, 5) is 17.0. The highest BCUT2D eigenvalue weighted by Crippen LogP contribution is 2.41. The number of anilines is 1. The Kier molecular flexibility index (Phi) is 7.04. The van der Waals surface area contributed by atoms with Crippen molar-refractivity contribution in [3.63, 3.8) is 0 Å². The Bertz CT molecular complexity index is 1450. The van der Waals surface area contributed by atoms with Crippen molar-refractivity contribution in [2.75, 3.05) is 5.73 Å². The van der Waals surface area contributed by atoms with Gasteiger partial charge in [-0.2, -0.15) is 0 Å². The summed E-state index contributed by atoms with van der Waals surface area (Å²) in [5.41, 5.74) is 9.76. The molecule has 3 aromatic carbocycles. The number of carbonyl (C=O) groups excluding carboxylic acids is 1. The number of aromatic nitrogens is 1. The zero-order valence-electron chi connectivity index (χ0n) is 19.9. The molecule has 37 heavy (non-hydrogen) atoms. The van der Waals surface area contributed by atoms with E-state index < -0.39 is 11.9 Å². The van der Waals surface area contributed by atoms with Gasteiger partial charge in [0.05, 0.1) is 5.02 Å². The minimum absolute atomic E-state index is 0.0992. The van der Waals surface area contributed by atoms with E-state index in [4.69, 9.17) is 33.7 Å². The number of ether oxygens (including phenoxy) is 1. The summed E-state index contributed by atoms with van der Waals surface area (Å²) in [5, 5.41) is 3.30. The zero-order chi connectivity index (χ0) is 26.1. The van der Waals surface area contributed by atoms with E-state index in [9.17, 15) is 9.18 Å². The van der Waals surface area contributed by atoms with Crippen molar-refractivity contribution in [3.8, 4) is 16.9 Å². The van der Waals surface area contributed by atoms with Crippen LogP contribution in [0.1, 0.15) is 46.9 Å². The lowest BCUT2D eigenvalue weighted by molar-refractivity contribution is 0.0950. The van der Waals surface area contributed by atoms with Crippen LogP contribution in [0.3, 0.4) is 0 Å². The molecule has 1 unspecified atom stereocenters. The minimum atomic E-state index is -0.678. The van der Waals surface area contributed by atoms with Crippen molar-refractivity contribution >= 4 is 34.9 Å². The molecule has 0 spiro atoms. The quantitative estimate of drug-likeness (QED) is 0.245. The molecule has 188 valence electrons. The van der Waals surface area contributed by atoms with Crippen LogP contribution in [0.5, 0.6) is 5.75 Å². The molecule has 3 atom stereocenters. The fraction of sp³-hybridized carbons (Fsp3) is 0.172.